The monoisotopic (exact) mass is 422 g/mol. The number of pyridine rings is 2. The topological polar surface area (TPSA) is 64.6 Å². The van der Waals surface area contributed by atoms with E-state index in [9.17, 15) is 4.79 Å². The number of aromatic nitrogens is 2. The lowest BCUT2D eigenvalue weighted by Gasteiger charge is -2.06. The highest BCUT2D eigenvalue weighted by Gasteiger charge is 2.30. The molecule has 0 aromatic carbocycles. The van der Waals surface area contributed by atoms with Crippen molar-refractivity contribution in [1.29, 1.82) is 0 Å². The van der Waals surface area contributed by atoms with Crippen LogP contribution >= 0.6 is 43.5 Å². The summed E-state index contributed by atoms with van der Waals surface area (Å²) in [6, 6.07) is 3.64. The molecule has 1 saturated heterocycles. The van der Waals surface area contributed by atoms with Gasteiger partial charge in [-0.05, 0) is 6.07 Å². The summed E-state index contributed by atoms with van der Waals surface area (Å²) in [7, 11) is 1.58. The summed E-state index contributed by atoms with van der Waals surface area (Å²) >= 11 is 11.2. The molecule has 2 aromatic rings. The molecule has 0 N–H and O–H groups in total. The average Bonchev–Trinajstić information content (AvgIpc) is 3.21. The lowest BCUT2D eigenvalue weighted by atomic mass is 10.1. The Kier molecular flexibility index (Phi) is 5.31. The van der Waals surface area contributed by atoms with Crippen LogP contribution in [0.2, 0.25) is 5.02 Å². The van der Waals surface area contributed by atoms with E-state index in [4.69, 9.17) is 21.1 Å². The summed E-state index contributed by atoms with van der Waals surface area (Å²) in [5, 5.41) is 0.593. The normalized spacial score (nSPS) is 16.3. The molecule has 0 bridgehead atoms. The van der Waals surface area contributed by atoms with Crippen LogP contribution in [0.3, 0.4) is 0 Å². The molecule has 2 aromatic heterocycles. The molecule has 1 unspecified atom stereocenters. The lowest BCUT2D eigenvalue weighted by Crippen LogP contribution is -1.94. The number of ether oxygens (including phenoxy) is 2. The molecule has 1 fully saturated rings. The van der Waals surface area contributed by atoms with Gasteiger partial charge in [0.15, 0.2) is 0 Å². The maximum Gasteiger partial charge on any atom is 0.262 e. The van der Waals surface area contributed by atoms with E-state index < -0.39 is 0 Å². The van der Waals surface area contributed by atoms with Crippen LogP contribution in [0.4, 0.5) is 4.79 Å². The van der Waals surface area contributed by atoms with Crippen LogP contribution in [-0.4, -0.2) is 27.3 Å². The number of hydrogen-bond acceptors (Lipinski definition) is 5. The molecule has 0 aliphatic carbocycles. The lowest BCUT2D eigenvalue weighted by molar-refractivity contribution is 0.278. The van der Waals surface area contributed by atoms with E-state index in [0.717, 1.165) is 16.6 Å². The third kappa shape index (κ3) is 3.88. The maximum absolute atomic E-state index is 9.28. The van der Waals surface area contributed by atoms with E-state index in [2.05, 4.69) is 41.8 Å². The number of carbonyl (C=O) groups is 1. The van der Waals surface area contributed by atoms with Crippen molar-refractivity contribution in [3.8, 4) is 5.88 Å². The number of rotatable bonds is 2. The molecule has 0 amide bonds. The highest BCUT2D eigenvalue weighted by molar-refractivity contribution is 9.39. The van der Waals surface area contributed by atoms with Crippen LogP contribution in [-0.2, 0) is 4.74 Å². The molecule has 1 aliphatic heterocycles. The van der Waals surface area contributed by atoms with E-state index in [1.54, 1.807) is 19.4 Å². The minimum atomic E-state index is -0.208. The summed E-state index contributed by atoms with van der Waals surface area (Å²) in [5.74, 6) is 0.554. The summed E-state index contributed by atoms with van der Waals surface area (Å²) in [5.41, 5.74) is 2.47. The zero-order valence-electron chi connectivity index (χ0n) is 10.3. The van der Waals surface area contributed by atoms with E-state index in [-0.39, 0.29) is 9.71 Å². The summed E-state index contributed by atoms with van der Waals surface area (Å²) in [4.78, 5) is 17.9. The number of epoxide rings is 1. The van der Waals surface area contributed by atoms with E-state index in [0.29, 0.717) is 17.5 Å². The Morgan fingerprint density at radius 1 is 1.50 bits per heavy atom. The zero-order chi connectivity index (χ0) is 14.7. The molecule has 3 rings (SSSR count). The Morgan fingerprint density at radius 2 is 2.15 bits per heavy atom. The molecule has 1 atom stereocenters. The van der Waals surface area contributed by atoms with Crippen LogP contribution < -0.4 is 4.74 Å². The average molecular weight is 424 g/mol. The quantitative estimate of drug-likeness (QED) is 0.532. The molecule has 0 spiro atoms. The van der Waals surface area contributed by atoms with Gasteiger partial charge in [-0.15, -0.1) is 0 Å². The molecule has 8 heteroatoms. The number of fused-ring (bicyclic) bond motifs is 1. The van der Waals surface area contributed by atoms with Gasteiger partial charge in [-0.25, -0.2) is 4.98 Å². The van der Waals surface area contributed by atoms with Crippen molar-refractivity contribution < 1.29 is 14.3 Å². The van der Waals surface area contributed by atoms with Gasteiger partial charge in [0, 0.05) is 49.7 Å². The summed E-state index contributed by atoms with van der Waals surface area (Å²) in [6.07, 6.45) is 1.69. The van der Waals surface area contributed by atoms with Crippen molar-refractivity contribution in [2.45, 2.75) is 6.10 Å². The van der Waals surface area contributed by atoms with Gasteiger partial charge in [0.1, 0.15) is 11.6 Å². The first-order valence-electron chi connectivity index (χ1n) is 5.48. The van der Waals surface area contributed by atoms with Crippen LogP contribution in [0.1, 0.15) is 11.7 Å². The van der Waals surface area contributed by atoms with Crippen molar-refractivity contribution in [3.63, 3.8) is 0 Å². The molecule has 106 valence electrons. The fourth-order valence-corrected chi connectivity index (χ4v) is 1.94. The number of nitrogens with zero attached hydrogens (tertiary/aromatic N) is 2. The fourth-order valence-electron chi connectivity index (χ4n) is 1.68. The number of halogens is 3. The second-order valence-corrected chi connectivity index (χ2v) is 6.70. The van der Waals surface area contributed by atoms with Crippen LogP contribution in [0.25, 0.3) is 11.0 Å². The van der Waals surface area contributed by atoms with Gasteiger partial charge in [0.05, 0.1) is 24.3 Å². The highest BCUT2D eigenvalue weighted by atomic mass is 79.9. The molecule has 20 heavy (non-hydrogen) atoms. The zero-order valence-corrected chi connectivity index (χ0v) is 14.2. The first-order chi connectivity index (χ1) is 9.52. The minimum Gasteiger partial charge on any atom is -0.481 e. The maximum atomic E-state index is 9.28. The molecular formula is C12H9Br2ClN2O3. The van der Waals surface area contributed by atoms with Gasteiger partial charge in [0.2, 0.25) is 5.88 Å². The second-order valence-electron chi connectivity index (χ2n) is 3.79. The smallest absolute Gasteiger partial charge is 0.262 e. The molecule has 1 aliphatic rings. The minimum absolute atomic E-state index is 0.0533. The summed E-state index contributed by atoms with van der Waals surface area (Å²) in [6.45, 7) is 0.692. The van der Waals surface area contributed by atoms with Gasteiger partial charge in [-0.3, -0.25) is 9.78 Å². The number of carbonyl (C=O) groups excluding carboxylic acids is 1. The van der Waals surface area contributed by atoms with Crippen molar-refractivity contribution in [3.05, 3.63) is 28.9 Å². The second kappa shape index (κ2) is 6.80. The molecule has 3 heterocycles. The first-order valence-corrected chi connectivity index (χ1v) is 7.45. The van der Waals surface area contributed by atoms with E-state index in [1.165, 1.54) is 0 Å². The van der Waals surface area contributed by atoms with Crippen molar-refractivity contribution in [1.82, 2.24) is 9.97 Å². The van der Waals surface area contributed by atoms with Crippen molar-refractivity contribution >= 4 is 58.1 Å². The van der Waals surface area contributed by atoms with Crippen molar-refractivity contribution in [2.24, 2.45) is 0 Å². The van der Waals surface area contributed by atoms with E-state index >= 15 is 0 Å². The van der Waals surface area contributed by atoms with Gasteiger partial charge in [-0.1, -0.05) is 11.6 Å². The van der Waals surface area contributed by atoms with Crippen molar-refractivity contribution in [2.75, 3.05) is 13.7 Å². The predicted octanol–water partition coefficient (Wildman–Crippen LogP) is 4.26. The molecule has 0 saturated carbocycles. The van der Waals surface area contributed by atoms with Gasteiger partial charge in [-0.2, -0.15) is 0 Å². The predicted molar refractivity (Wildman–Crippen MR) is 83.0 cm³/mol. The van der Waals surface area contributed by atoms with Gasteiger partial charge in [0.25, 0.3) is 3.60 Å². The number of hydrogen-bond donors (Lipinski definition) is 0. The Morgan fingerprint density at radius 3 is 2.70 bits per heavy atom. The Hall–Kier alpha value is -0.760. The Balaban J connectivity index is 0.000000328. The Bertz CT molecular complexity index is 646. The number of methoxy groups -OCH3 is 1. The standard InChI is InChI=1S/C11H9ClN2O2.CBr2O/c1-15-9-3-2-7-11(14-9)10(8-5-16-8)6(12)4-13-7;2-1(3)4/h2-4,8H,5H2,1H3;. The first kappa shape index (κ1) is 15.6. The molecular weight excluding hydrogens is 415 g/mol. The largest absolute Gasteiger partial charge is 0.481 e. The van der Waals surface area contributed by atoms with Gasteiger partial charge < -0.3 is 9.47 Å². The highest BCUT2D eigenvalue weighted by Crippen LogP contribution is 2.38. The van der Waals surface area contributed by atoms with Crippen LogP contribution in [0, 0.1) is 0 Å². The Labute approximate surface area is 136 Å². The SMILES string of the molecule is COc1ccc2ncc(Cl)c(C3CO3)c2n1.O=C(Br)Br. The van der Waals surface area contributed by atoms with Crippen LogP contribution in [0.15, 0.2) is 18.3 Å². The van der Waals surface area contributed by atoms with Crippen LogP contribution in [0.5, 0.6) is 5.88 Å². The molecule has 5 nitrogen and oxygen atoms in total. The fraction of sp³-hybridized carbons (Fsp3) is 0.250. The van der Waals surface area contributed by atoms with Gasteiger partial charge >= 0.3 is 0 Å². The van der Waals surface area contributed by atoms with E-state index in [1.807, 2.05) is 6.07 Å². The third-order valence-corrected chi connectivity index (χ3v) is 2.84. The third-order valence-electron chi connectivity index (χ3n) is 2.54. The molecule has 0 radical (unpaired) electrons. The summed E-state index contributed by atoms with van der Waals surface area (Å²) < 4.78 is 10.2.